The van der Waals surface area contributed by atoms with E-state index in [0.717, 1.165) is 5.56 Å². The second-order valence-corrected chi connectivity index (χ2v) is 7.14. The molecule has 0 aromatic heterocycles. The van der Waals surface area contributed by atoms with Gasteiger partial charge in [0.25, 0.3) is 0 Å². The van der Waals surface area contributed by atoms with Gasteiger partial charge in [-0.05, 0) is 44.0 Å². The number of alkyl carbamates (subject to hydrolysis) is 1. The summed E-state index contributed by atoms with van der Waals surface area (Å²) in [6, 6.07) is 16.1. The van der Waals surface area contributed by atoms with Gasteiger partial charge in [0.05, 0.1) is 12.5 Å². The Morgan fingerprint density at radius 2 is 1.67 bits per heavy atom. The van der Waals surface area contributed by atoms with Crippen molar-refractivity contribution in [1.82, 2.24) is 5.32 Å². The zero-order valence-electron chi connectivity index (χ0n) is 15.8. The predicted molar refractivity (Wildman–Crippen MR) is 102 cm³/mol. The summed E-state index contributed by atoms with van der Waals surface area (Å²) in [6.07, 6.45) is -0.901. The summed E-state index contributed by atoms with van der Waals surface area (Å²) in [5.41, 5.74) is 1.06. The van der Waals surface area contributed by atoms with Crippen LogP contribution in [0.15, 0.2) is 54.6 Å². The monoisotopic (exact) mass is 371 g/mol. The Hall–Kier alpha value is -3.02. The number of ether oxygens (including phenoxy) is 2. The summed E-state index contributed by atoms with van der Waals surface area (Å²) >= 11 is 0. The molecule has 0 aliphatic rings. The van der Waals surface area contributed by atoms with E-state index < -0.39 is 23.7 Å². The molecule has 2 aromatic carbocycles. The molecule has 2 N–H and O–H groups in total. The number of hydrogen-bond acceptors (Lipinski definition) is 4. The number of nitrogens with one attached hydrogen (secondary N) is 1. The van der Waals surface area contributed by atoms with E-state index in [2.05, 4.69) is 5.32 Å². The molecule has 1 unspecified atom stereocenters. The number of aliphatic carboxylic acids is 1. The first-order chi connectivity index (χ1) is 12.7. The third-order valence-electron chi connectivity index (χ3n) is 3.60. The lowest BCUT2D eigenvalue weighted by atomic mass is 10.0. The maximum atomic E-state index is 12.0. The zero-order chi connectivity index (χ0) is 19.9. The fraction of sp³-hybridized carbons (Fsp3) is 0.333. The molecular formula is C21H25NO5. The SMILES string of the molecule is CC(C)(C)OC(=O)NC(CC(=O)O)c1ccc(OCc2ccccc2)cc1. The Labute approximate surface area is 159 Å². The summed E-state index contributed by atoms with van der Waals surface area (Å²) in [4.78, 5) is 23.2. The van der Waals surface area contributed by atoms with E-state index in [0.29, 0.717) is 17.9 Å². The van der Waals surface area contributed by atoms with Crippen molar-refractivity contribution in [2.45, 2.75) is 45.4 Å². The normalized spacial score (nSPS) is 12.1. The first kappa shape index (κ1) is 20.3. The first-order valence-corrected chi connectivity index (χ1v) is 8.71. The minimum atomic E-state index is -1.01. The molecule has 0 fully saturated rings. The van der Waals surface area contributed by atoms with Crippen LogP contribution in [0.25, 0.3) is 0 Å². The maximum Gasteiger partial charge on any atom is 0.408 e. The molecule has 2 rings (SSSR count). The average Bonchev–Trinajstić information content (AvgIpc) is 2.59. The molecule has 0 saturated carbocycles. The van der Waals surface area contributed by atoms with Gasteiger partial charge >= 0.3 is 12.1 Å². The molecule has 0 heterocycles. The summed E-state index contributed by atoms with van der Waals surface area (Å²) in [7, 11) is 0. The predicted octanol–water partition coefficient (Wildman–Crippen LogP) is 4.31. The highest BCUT2D eigenvalue weighted by Crippen LogP contribution is 2.22. The Morgan fingerprint density at radius 1 is 1.04 bits per heavy atom. The molecular weight excluding hydrogens is 346 g/mol. The largest absolute Gasteiger partial charge is 0.489 e. The number of carboxylic acid groups (broad SMARTS) is 1. The van der Waals surface area contributed by atoms with Crippen molar-refractivity contribution >= 4 is 12.1 Å². The number of carboxylic acids is 1. The zero-order valence-corrected chi connectivity index (χ0v) is 15.8. The van der Waals surface area contributed by atoms with Gasteiger partial charge in [0.1, 0.15) is 18.0 Å². The third kappa shape index (κ3) is 7.40. The Kier molecular flexibility index (Phi) is 6.82. The van der Waals surface area contributed by atoms with Crippen molar-refractivity contribution in [2.75, 3.05) is 0 Å². The molecule has 27 heavy (non-hydrogen) atoms. The molecule has 6 nitrogen and oxygen atoms in total. The van der Waals surface area contributed by atoms with Crippen LogP contribution in [0, 0.1) is 0 Å². The summed E-state index contributed by atoms with van der Waals surface area (Å²) in [6.45, 7) is 5.68. The lowest BCUT2D eigenvalue weighted by molar-refractivity contribution is -0.137. The minimum absolute atomic E-state index is 0.247. The van der Waals surface area contributed by atoms with Crippen molar-refractivity contribution in [3.8, 4) is 5.75 Å². The second-order valence-electron chi connectivity index (χ2n) is 7.14. The van der Waals surface area contributed by atoms with Crippen molar-refractivity contribution < 1.29 is 24.2 Å². The molecule has 2 aromatic rings. The van der Waals surface area contributed by atoms with Crippen molar-refractivity contribution in [3.05, 3.63) is 65.7 Å². The van der Waals surface area contributed by atoms with Crippen molar-refractivity contribution in [2.24, 2.45) is 0 Å². The average molecular weight is 371 g/mol. The molecule has 0 aliphatic carbocycles. The van der Waals surface area contributed by atoms with E-state index in [1.807, 2.05) is 30.3 Å². The van der Waals surface area contributed by atoms with Gasteiger partial charge in [-0.1, -0.05) is 42.5 Å². The van der Waals surface area contributed by atoms with Crippen LogP contribution in [0.1, 0.15) is 44.4 Å². The summed E-state index contributed by atoms with van der Waals surface area (Å²) < 4.78 is 10.9. The van der Waals surface area contributed by atoms with Crippen LogP contribution >= 0.6 is 0 Å². The molecule has 0 bridgehead atoms. The van der Waals surface area contributed by atoms with Gasteiger partial charge in [0, 0.05) is 0 Å². The molecule has 1 amide bonds. The van der Waals surface area contributed by atoms with Crippen LogP contribution in [-0.2, 0) is 16.1 Å². The number of hydrogen-bond donors (Lipinski definition) is 2. The van der Waals surface area contributed by atoms with Gasteiger partial charge < -0.3 is 19.9 Å². The molecule has 144 valence electrons. The van der Waals surface area contributed by atoms with E-state index in [4.69, 9.17) is 14.6 Å². The van der Waals surface area contributed by atoms with Gasteiger partial charge in [-0.15, -0.1) is 0 Å². The maximum absolute atomic E-state index is 12.0. The van der Waals surface area contributed by atoms with Crippen LogP contribution in [-0.4, -0.2) is 22.8 Å². The summed E-state index contributed by atoms with van der Waals surface area (Å²) in [5, 5.41) is 11.8. The fourth-order valence-corrected chi connectivity index (χ4v) is 2.41. The van der Waals surface area contributed by atoms with Gasteiger partial charge in [-0.2, -0.15) is 0 Å². The topological polar surface area (TPSA) is 84.9 Å². The van der Waals surface area contributed by atoms with E-state index in [1.165, 1.54) is 0 Å². The number of amides is 1. The van der Waals surface area contributed by atoms with Crippen molar-refractivity contribution in [1.29, 1.82) is 0 Å². The van der Waals surface area contributed by atoms with Crippen LogP contribution in [0.5, 0.6) is 5.75 Å². The molecule has 0 spiro atoms. The van der Waals surface area contributed by atoms with Crippen LogP contribution < -0.4 is 10.1 Å². The number of rotatable bonds is 7. The molecule has 0 saturated heterocycles. The summed E-state index contributed by atoms with van der Waals surface area (Å²) in [5.74, 6) is -0.352. The fourth-order valence-electron chi connectivity index (χ4n) is 2.41. The quantitative estimate of drug-likeness (QED) is 0.758. The number of carbonyl (C=O) groups excluding carboxylic acids is 1. The van der Waals surface area contributed by atoms with Crippen molar-refractivity contribution in [3.63, 3.8) is 0 Å². The highest BCUT2D eigenvalue weighted by molar-refractivity contribution is 5.72. The molecule has 0 radical (unpaired) electrons. The molecule has 1 atom stereocenters. The van der Waals surface area contributed by atoms with E-state index in [1.54, 1.807) is 45.0 Å². The van der Waals surface area contributed by atoms with Crippen LogP contribution in [0.2, 0.25) is 0 Å². The smallest absolute Gasteiger partial charge is 0.408 e. The van der Waals surface area contributed by atoms with Gasteiger partial charge in [-0.25, -0.2) is 4.79 Å². The van der Waals surface area contributed by atoms with E-state index in [9.17, 15) is 9.59 Å². The third-order valence-corrected chi connectivity index (χ3v) is 3.60. The lowest BCUT2D eigenvalue weighted by Gasteiger charge is -2.23. The Balaban J connectivity index is 2.02. The van der Waals surface area contributed by atoms with Gasteiger partial charge in [0.15, 0.2) is 0 Å². The van der Waals surface area contributed by atoms with Crippen LogP contribution in [0.3, 0.4) is 0 Å². The standard InChI is InChI=1S/C21H25NO5/c1-21(2,3)27-20(25)22-18(13-19(23)24)16-9-11-17(12-10-16)26-14-15-7-5-4-6-8-15/h4-12,18H,13-14H2,1-3H3,(H,22,25)(H,23,24). The second kappa shape index (κ2) is 9.07. The first-order valence-electron chi connectivity index (χ1n) is 8.71. The van der Waals surface area contributed by atoms with Crippen LogP contribution in [0.4, 0.5) is 4.79 Å². The minimum Gasteiger partial charge on any atom is -0.489 e. The highest BCUT2D eigenvalue weighted by atomic mass is 16.6. The Bertz CT molecular complexity index is 750. The molecule has 0 aliphatic heterocycles. The highest BCUT2D eigenvalue weighted by Gasteiger charge is 2.22. The lowest BCUT2D eigenvalue weighted by Crippen LogP contribution is -2.35. The number of carbonyl (C=O) groups is 2. The Morgan fingerprint density at radius 3 is 2.22 bits per heavy atom. The van der Waals surface area contributed by atoms with Gasteiger partial charge in [0.2, 0.25) is 0 Å². The number of benzene rings is 2. The molecule has 6 heteroatoms. The van der Waals surface area contributed by atoms with Gasteiger partial charge in [-0.3, -0.25) is 4.79 Å². The van der Waals surface area contributed by atoms with E-state index in [-0.39, 0.29) is 6.42 Å². The van der Waals surface area contributed by atoms with E-state index >= 15 is 0 Å².